The van der Waals surface area contributed by atoms with E-state index in [4.69, 9.17) is 4.99 Å². The van der Waals surface area contributed by atoms with Crippen LogP contribution in [0.4, 0.5) is 11.4 Å². The molecule has 120 valence electrons. The number of aromatic nitrogens is 1. The maximum Gasteiger partial charge on any atom is 0.198 e. The van der Waals surface area contributed by atoms with Crippen molar-refractivity contribution in [1.29, 1.82) is 0 Å². The summed E-state index contributed by atoms with van der Waals surface area (Å²) in [5.41, 5.74) is 3.74. The molecule has 0 aliphatic carbocycles. The maximum atomic E-state index is 4.76. The molecule has 0 radical (unpaired) electrons. The van der Waals surface area contributed by atoms with Crippen LogP contribution in [0.2, 0.25) is 0 Å². The fourth-order valence-electron chi connectivity index (χ4n) is 2.78. The summed E-state index contributed by atoms with van der Waals surface area (Å²) in [4.78, 5) is 11.1. The third-order valence-corrected chi connectivity index (χ3v) is 3.86. The van der Waals surface area contributed by atoms with Gasteiger partial charge in [0.2, 0.25) is 0 Å². The van der Waals surface area contributed by atoms with Crippen LogP contribution in [0.3, 0.4) is 0 Å². The summed E-state index contributed by atoms with van der Waals surface area (Å²) in [6, 6.07) is 12.5. The molecular weight excluding hydrogens is 286 g/mol. The van der Waals surface area contributed by atoms with Crippen molar-refractivity contribution in [1.82, 2.24) is 10.3 Å². The van der Waals surface area contributed by atoms with Gasteiger partial charge >= 0.3 is 0 Å². The highest BCUT2D eigenvalue weighted by Crippen LogP contribution is 2.27. The average molecular weight is 309 g/mol. The molecule has 0 saturated heterocycles. The lowest BCUT2D eigenvalue weighted by atomic mass is 10.2. The zero-order valence-corrected chi connectivity index (χ0v) is 13.5. The van der Waals surface area contributed by atoms with Crippen LogP contribution in [0.5, 0.6) is 0 Å². The second kappa shape index (κ2) is 7.63. The summed E-state index contributed by atoms with van der Waals surface area (Å²) in [5.74, 6) is 0.967. The second-order valence-corrected chi connectivity index (χ2v) is 5.43. The molecule has 0 spiro atoms. The first-order chi connectivity index (χ1) is 11.4. The number of hydrogen-bond acceptors (Lipinski definition) is 3. The van der Waals surface area contributed by atoms with Crippen LogP contribution in [0.25, 0.3) is 0 Å². The van der Waals surface area contributed by atoms with E-state index < -0.39 is 0 Å². The van der Waals surface area contributed by atoms with Crippen molar-refractivity contribution in [3.05, 3.63) is 54.4 Å². The van der Waals surface area contributed by atoms with Crippen LogP contribution in [0, 0.1) is 0 Å². The number of nitrogens with one attached hydrogen (secondary N) is 2. The summed E-state index contributed by atoms with van der Waals surface area (Å²) in [6.45, 7) is 5.49. The summed E-state index contributed by atoms with van der Waals surface area (Å²) < 4.78 is 0. The largest absolute Gasteiger partial charge is 0.383 e. The Morgan fingerprint density at radius 2 is 2.04 bits per heavy atom. The standard InChI is InChI=1S/C18H23N5/c1-2-20-18(22-13-12-21-16-7-10-19-11-8-16)23-14-9-15-5-3-4-6-17(15)23/h3-8,10-11H,2,9,12-14H2,1H3,(H,19,21)(H,20,22). The van der Waals surface area contributed by atoms with E-state index in [9.17, 15) is 0 Å². The molecule has 1 aliphatic heterocycles. The molecule has 0 unspecified atom stereocenters. The lowest BCUT2D eigenvalue weighted by Gasteiger charge is -2.22. The van der Waals surface area contributed by atoms with E-state index in [1.54, 1.807) is 12.4 Å². The van der Waals surface area contributed by atoms with Gasteiger partial charge in [0.25, 0.3) is 0 Å². The Bertz CT molecular complexity index is 653. The number of para-hydroxylation sites is 1. The fraction of sp³-hybridized carbons (Fsp3) is 0.333. The molecule has 2 N–H and O–H groups in total. The minimum absolute atomic E-state index is 0.726. The molecule has 0 atom stereocenters. The van der Waals surface area contributed by atoms with Gasteiger partial charge in [-0.1, -0.05) is 18.2 Å². The Balaban J connectivity index is 1.62. The highest BCUT2D eigenvalue weighted by Gasteiger charge is 2.22. The summed E-state index contributed by atoms with van der Waals surface area (Å²) in [7, 11) is 0. The highest BCUT2D eigenvalue weighted by atomic mass is 15.3. The van der Waals surface area contributed by atoms with Crippen LogP contribution in [0.1, 0.15) is 12.5 Å². The van der Waals surface area contributed by atoms with Crippen molar-refractivity contribution in [2.45, 2.75) is 13.3 Å². The molecule has 2 aromatic rings. The Morgan fingerprint density at radius 1 is 1.22 bits per heavy atom. The van der Waals surface area contributed by atoms with Gasteiger partial charge in [0.1, 0.15) is 0 Å². The van der Waals surface area contributed by atoms with E-state index in [0.29, 0.717) is 0 Å². The summed E-state index contributed by atoms with van der Waals surface area (Å²) >= 11 is 0. The van der Waals surface area contributed by atoms with E-state index >= 15 is 0 Å². The molecule has 1 aromatic heterocycles. The van der Waals surface area contributed by atoms with Gasteiger partial charge < -0.3 is 15.5 Å². The average Bonchev–Trinajstić information content (AvgIpc) is 3.03. The fourth-order valence-corrected chi connectivity index (χ4v) is 2.78. The van der Waals surface area contributed by atoms with Gasteiger partial charge in [-0.3, -0.25) is 9.98 Å². The van der Waals surface area contributed by atoms with E-state index in [-0.39, 0.29) is 0 Å². The quantitative estimate of drug-likeness (QED) is 0.506. The number of rotatable bonds is 5. The number of aliphatic imine (C=N–C) groups is 1. The van der Waals surface area contributed by atoms with E-state index in [2.05, 4.69) is 51.7 Å². The normalized spacial score (nSPS) is 13.8. The molecule has 5 nitrogen and oxygen atoms in total. The minimum Gasteiger partial charge on any atom is -0.383 e. The molecule has 3 rings (SSSR count). The molecule has 1 aliphatic rings. The van der Waals surface area contributed by atoms with Gasteiger partial charge in [0.15, 0.2) is 5.96 Å². The van der Waals surface area contributed by atoms with Crippen molar-refractivity contribution in [3.63, 3.8) is 0 Å². The van der Waals surface area contributed by atoms with Crippen molar-refractivity contribution in [2.75, 3.05) is 36.4 Å². The van der Waals surface area contributed by atoms with Crippen molar-refractivity contribution >= 4 is 17.3 Å². The Hall–Kier alpha value is -2.56. The number of guanidine groups is 1. The van der Waals surface area contributed by atoms with Crippen LogP contribution in [0.15, 0.2) is 53.8 Å². The van der Waals surface area contributed by atoms with Crippen LogP contribution < -0.4 is 15.5 Å². The molecule has 2 heterocycles. The predicted octanol–water partition coefficient (Wildman–Crippen LogP) is 2.52. The lowest BCUT2D eigenvalue weighted by Crippen LogP contribution is -2.40. The van der Waals surface area contributed by atoms with Crippen LogP contribution in [-0.4, -0.2) is 37.1 Å². The number of anilines is 2. The van der Waals surface area contributed by atoms with Crippen molar-refractivity contribution < 1.29 is 0 Å². The molecule has 1 aromatic carbocycles. The molecule has 0 bridgehead atoms. The summed E-state index contributed by atoms with van der Waals surface area (Å²) in [5, 5.41) is 6.76. The van der Waals surface area contributed by atoms with Gasteiger partial charge in [-0.05, 0) is 37.1 Å². The van der Waals surface area contributed by atoms with E-state index in [1.165, 1.54) is 11.3 Å². The summed E-state index contributed by atoms with van der Waals surface area (Å²) in [6.07, 6.45) is 4.66. The lowest BCUT2D eigenvalue weighted by molar-refractivity contribution is 0.882. The zero-order valence-electron chi connectivity index (χ0n) is 13.5. The Morgan fingerprint density at radius 3 is 2.87 bits per heavy atom. The molecule has 5 heteroatoms. The van der Waals surface area contributed by atoms with Crippen LogP contribution in [-0.2, 0) is 6.42 Å². The number of benzene rings is 1. The number of nitrogens with zero attached hydrogens (tertiary/aromatic N) is 3. The van der Waals surface area contributed by atoms with Gasteiger partial charge in [-0.2, -0.15) is 0 Å². The second-order valence-electron chi connectivity index (χ2n) is 5.43. The first-order valence-corrected chi connectivity index (χ1v) is 8.16. The van der Waals surface area contributed by atoms with Gasteiger partial charge in [-0.15, -0.1) is 0 Å². The smallest absolute Gasteiger partial charge is 0.198 e. The molecule has 0 fully saturated rings. The number of fused-ring (bicyclic) bond motifs is 1. The molecule has 0 amide bonds. The third-order valence-electron chi connectivity index (χ3n) is 3.86. The minimum atomic E-state index is 0.726. The van der Waals surface area contributed by atoms with E-state index in [1.807, 2.05) is 12.1 Å². The third kappa shape index (κ3) is 3.80. The van der Waals surface area contributed by atoms with Gasteiger partial charge in [-0.25, -0.2) is 0 Å². The first-order valence-electron chi connectivity index (χ1n) is 8.16. The molecule has 23 heavy (non-hydrogen) atoms. The Kier molecular flexibility index (Phi) is 5.09. The van der Waals surface area contributed by atoms with Crippen molar-refractivity contribution in [3.8, 4) is 0 Å². The van der Waals surface area contributed by atoms with Crippen molar-refractivity contribution in [2.24, 2.45) is 4.99 Å². The zero-order chi connectivity index (χ0) is 15.9. The SMILES string of the molecule is CCNC(=NCCNc1ccncc1)N1CCc2ccccc21. The van der Waals surface area contributed by atoms with Gasteiger partial charge in [0.05, 0.1) is 6.54 Å². The molecular formula is C18H23N5. The predicted molar refractivity (Wildman–Crippen MR) is 96.2 cm³/mol. The van der Waals surface area contributed by atoms with Gasteiger partial charge in [0, 0.05) is 43.4 Å². The monoisotopic (exact) mass is 309 g/mol. The highest BCUT2D eigenvalue weighted by molar-refractivity contribution is 5.97. The molecule has 0 saturated carbocycles. The number of pyridine rings is 1. The first kappa shape index (κ1) is 15.3. The topological polar surface area (TPSA) is 52.6 Å². The maximum absolute atomic E-state index is 4.76. The van der Waals surface area contributed by atoms with Crippen LogP contribution >= 0.6 is 0 Å². The number of hydrogen-bond donors (Lipinski definition) is 2. The Labute approximate surface area is 137 Å². The van der Waals surface area contributed by atoms with E-state index in [0.717, 1.165) is 44.2 Å².